The van der Waals surface area contributed by atoms with Crippen LogP contribution in [0.1, 0.15) is 285 Å². The fourth-order valence-corrected chi connectivity index (χ4v) is 8.54. The van der Waals surface area contributed by atoms with E-state index in [2.05, 4.69) is 101 Å². The molecule has 1 saturated heterocycles. The number of ketones is 1. The molecule has 11 nitrogen and oxygen atoms in total. The molecule has 2 atom stereocenters. The van der Waals surface area contributed by atoms with Gasteiger partial charge in [-0.3, -0.25) is 39.0 Å². The number of nitrogens with zero attached hydrogens (tertiary/aromatic N) is 1. The van der Waals surface area contributed by atoms with Crippen LogP contribution in [-0.2, 0) is 30.4 Å². The number of rotatable bonds is 27. The second kappa shape index (κ2) is 56.3. The molecule has 1 heterocycles. The normalized spacial score (nSPS) is 12.9. The van der Waals surface area contributed by atoms with Gasteiger partial charge in [-0.15, -0.1) is 0 Å². The summed E-state index contributed by atoms with van der Waals surface area (Å²) in [6, 6.07) is 8.82. The third-order valence-electron chi connectivity index (χ3n) is 12.9. The van der Waals surface area contributed by atoms with Crippen LogP contribution in [0.3, 0.4) is 0 Å². The van der Waals surface area contributed by atoms with Crippen molar-refractivity contribution in [1.29, 1.82) is 0 Å². The molecule has 0 aromatic heterocycles. The van der Waals surface area contributed by atoms with Crippen molar-refractivity contribution in [3.63, 3.8) is 0 Å². The number of benzene rings is 2. The number of carbonyl (C=O) groups excluding carboxylic acids is 5. The first-order valence-corrected chi connectivity index (χ1v) is 31.2. The lowest BCUT2D eigenvalue weighted by molar-refractivity contribution is -0.139. The summed E-state index contributed by atoms with van der Waals surface area (Å²) in [6.07, 6.45) is 28.4. The second-order valence-corrected chi connectivity index (χ2v) is 19.6. The van der Waals surface area contributed by atoms with Crippen LogP contribution >= 0.6 is 0 Å². The fourth-order valence-electron chi connectivity index (χ4n) is 8.54. The highest BCUT2D eigenvalue weighted by Crippen LogP contribution is 2.38. The molecule has 1 aliphatic rings. The average Bonchev–Trinajstić information content (AvgIpc) is 3.46. The number of hydrogen-bond acceptors (Lipinski definition) is 8. The molecular weight excluding hydrogens is 1010 g/mol. The molecule has 0 bridgehead atoms. The van der Waals surface area contributed by atoms with Gasteiger partial charge in [-0.1, -0.05) is 243 Å². The van der Waals surface area contributed by atoms with Crippen LogP contribution in [0, 0.1) is 12.8 Å². The van der Waals surface area contributed by atoms with Crippen molar-refractivity contribution in [3.8, 4) is 11.5 Å². The SMILES string of the molecule is C=C(/C=C(C(=C\C)/c1cc(OC)c(CC)c(OC)c1)\C(=C/CCC)C(C)=O)CCC.CC.CC.CCC.CCCC.CCCCC(C)c1ccc(C)c(C(=O)N(C=O)C2CCC(=O)NC2=O)c1.CCCCC(CCC)CCC.O=CO. The highest BCUT2D eigenvalue weighted by atomic mass is 16.5. The topological polar surface area (TPSA) is 156 Å². The zero-order valence-corrected chi connectivity index (χ0v) is 55.5. The molecule has 2 aromatic rings. The van der Waals surface area contributed by atoms with E-state index in [-0.39, 0.29) is 31.0 Å². The molecule has 4 amide bonds. The first-order valence-electron chi connectivity index (χ1n) is 31.2. The Balaban J connectivity index is -0.000000339. The van der Waals surface area contributed by atoms with Crippen LogP contribution in [0.15, 0.2) is 71.9 Å². The van der Waals surface area contributed by atoms with E-state index in [0.717, 1.165) is 118 Å². The number of nitrogens with one attached hydrogen (secondary N) is 1. The maximum Gasteiger partial charge on any atom is 0.290 e. The Morgan fingerprint density at radius 1 is 0.765 bits per heavy atom. The number of Topliss-reactive ketones (excluding diaryl/α,β-unsaturated/α-hetero) is 1. The number of allylic oxidation sites excluding steroid dienone is 7. The lowest BCUT2D eigenvalue weighted by atomic mass is 9.87. The summed E-state index contributed by atoms with van der Waals surface area (Å²) in [5.74, 6) is 1.49. The van der Waals surface area contributed by atoms with Crippen LogP contribution in [0.2, 0.25) is 0 Å². The van der Waals surface area contributed by atoms with Crippen molar-refractivity contribution in [1.82, 2.24) is 10.2 Å². The minimum absolute atomic E-state index is 0.0578. The van der Waals surface area contributed by atoms with Crippen molar-refractivity contribution in [2.75, 3.05) is 14.2 Å². The largest absolute Gasteiger partial charge is 0.496 e. The third kappa shape index (κ3) is 35.8. The first-order chi connectivity index (χ1) is 38.8. The van der Waals surface area contributed by atoms with Gasteiger partial charge < -0.3 is 14.6 Å². The van der Waals surface area contributed by atoms with E-state index >= 15 is 0 Å². The summed E-state index contributed by atoms with van der Waals surface area (Å²) in [7, 11) is 3.35. The van der Waals surface area contributed by atoms with Gasteiger partial charge >= 0.3 is 0 Å². The van der Waals surface area contributed by atoms with E-state index in [1.54, 1.807) is 28.1 Å². The Morgan fingerprint density at radius 3 is 1.68 bits per heavy atom. The van der Waals surface area contributed by atoms with Crippen molar-refractivity contribution in [2.45, 2.75) is 272 Å². The number of aryl methyl sites for hydroxylation is 1. The van der Waals surface area contributed by atoms with Crippen LogP contribution in [0.5, 0.6) is 11.5 Å². The quantitative estimate of drug-likeness (QED) is 0.0385. The third-order valence-corrected chi connectivity index (χ3v) is 12.9. The average molecular weight is 1130 g/mol. The van der Waals surface area contributed by atoms with E-state index < -0.39 is 17.9 Å². The zero-order valence-electron chi connectivity index (χ0n) is 55.5. The van der Waals surface area contributed by atoms with Gasteiger partial charge in [0.2, 0.25) is 18.2 Å². The van der Waals surface area contributed by atoms with Crippen molar-refractivity contribution >= 4 is 42.0 Å². The molecule has 2 N–H and O–H groups in total. The number of piperidine rings is 1. The van der Waals surface area contributed by atoms with Gasteiger partial charge in [0.05, 0.1) is 14.2 Å². The molecule has 81 heavy (non-hydrogen) atoms. The van der Waals surface area contributed by atoms with Gasteiger partial charge in [-0.2, -0.15) is 0 Å². The number of imide groups is 2. The summed E-state index contributed by atoms with van der Waals surface area (Å²) in [6.45, 7) is 43.5. The van der Waals surface area contributed by atoms with E-state index in [4.69, 9.17) is 19.4 Å². The van der Waals surface area contributed by atoms with E-state index in [0.29, 0.717) is 17.9 Å². The predicted molar refractivity (Wildman–Crippen MR) is 347 cm³/mol. The van der Waals surface area contributed by atoms with Gasteiger partial charge in [0.25, 0.3) is 12.4 Å². The Labute approximate surface area is 496 Å². The maximum absolute atomic E-state index is 12.9. The van der Waals surface area contributed by atoms with Gasteiger partial charge in [0.1, 0.15) is 17.5 Å². The van der Waals surface area contributed by atoms with E-state index in [1.165, 1.54) is 64.2 Å². The summed E-state index contributed by atoms with van der Waals surface area (Å²) in [4.78, 5) is 69.7. The standard InChI is InChI=1S/C27H38O3.C20H26N2O4.C11H24.C4H10.C3H8.2C2H6.CH2O2/c1-9-13-15-24(20(6)28)25(16-19(5)14-10-2)22(11-3)21-17-26(29-7)23(12-4)27(18-21)30-8;1-4-5-6-13(2)15-8-7-14(3)16(11-15)20(26)22(12-23)17-9-10-18(24)21-19(17)25;1-4-7-10-11(8-5-2)9-6-3;1-3-4-2;1-3-2;2*1-2;2-1-3/h11,15-18H,5,9-10,12-14H2,1-4,6-8H3;7-8,11-13,17H,4-6,9-10H2,1-3H3,(H,21,24,25);11H,4-10H2,1-3H3;3-4H2,1-2H3;3H2,1-2H3;2*1-2H3;1H,(H,2,3)/b22-11-,24-15-,25-16-;;;;;;;. The Morgan fingerprint density at radius 2 is 1.28 bits per heavy atom. The predicted octanol–water partition coefficient (Wildman–Crippen LogP) is 19.3. The molecule has 1 aliphatic heterocycles. The number of hydrogen-bond donors (Lipinski definition) is 2. The Hall–Kier alpha value is -5.58. The minimum Gasteiger partial charge on any atom is -0.496 e. The summed E-state index contributed by atoms with van der Waals surface area (Å²) < 4.78 is 11.3. The lowest BCUT2D eigenvalue weighted by Gasteiger charge is -2.29. The minimum atomic E-state index is -0.946. The molecule has 464 valence electrons. The molecule has 1 fully saturated rings. The van der Waals surface area contributed by atoms with Crippen molar-refractivity contribution < 1.29 is 43.3 Å². The number of carbonyl (C=O) groups is 6. The van der Waals surface area contributed by atoms with Gasteiger partial charge in [0, 0.05) is 23.1 Å². The van der Waals surface area contributed by atoms with Gasteiger partial charge in [-0.25, -0.2) is 0 Å². The molecule has 0 radical (unpaired) electrons. The molecule has 3 rings (SSSR count). The Bertz CT molecular complexity index is 2070. The molecule has 2 aromatic carbocycles. The van der Waals surface area contributed by atoms with E-state index in [1.807, 2.05) is 77.1 Å². The number of amides is 4. The second-order valence-electron chi connectivity index (χ2n) is 19.6. The van der Waals surface area contributed by atoms with Crippen LogP contribution < -0.4 is 14.8 Å². The van der Waals surface area contributed by atoms with Crippen LogP contribution in [-0.4, -0.2) is 66.7 Å². The highest BCUT2D eigenvalue weighted by molar-refractivity contribution is 6.08. The maximum atomic E-state index is 12.9. The molecular formula is C70H120N2O9. The Kier molecular flexibility index (Phi) is 58.5. The summed E-state index contributed by atoms with van der Waals surface area (Å²) in [5.41, 5.74) is 7.84. The molecule has 11 heteroatoms. The van der Waals surface area contributed by atoms with Gasteiger partial charge in [-0.05, 0) is 111 Å². The van der Waals surface area contributed by atoms with Crippen molar-refractivity contribution in [2.24, 2.45) is 5.92 Å². The van der Waals surface area contributed by atoms with Gasteiger partial charge in [0.15, 0.2) is 5.78 Å². The molecule has 0 spiro atoms. The van der Waals surface area contributed by atoms with Crippen LogP contribution in [0.4, 0.5) is 0 Å². The summed E-state index contributed by atoms with van der Waals surface area (Å²) >= 11 is 0. The number of carboxylic acid groups (broad SMARTS) is 1. The highest BCUT2D eigenvalue weighted by Gasteiger charge is 2.35. The van der Waals surface area contributed by atoms with Crippen LogP contribution in [0.25, 0.3) is 5.57 Å². The lowest BCUT2D eigenvalue weighted by Crippen LogP contribution is -2.53. The molecule has 2 unspecified atom stereocenters. The zero-order chi connectivity index (χ0) is 63.3. The number of methoxy groups -OCH3 is 2. The monoisotopic (exact) mass is 1130 g/mol. The fraction of sp³-hybridized carbons (Fsp3) is 0.629. The smallest absolute Gasteiger partial charge is 0.290 e. The molecule has 0 saturated carbocycles. The van der Waals surface area contributed by atoms with E-state index in [9.17, 15) is 24.0 Å². The number of ether oxygens (including phenoxy) is 2. The summed E-state index contributed by atoms with van der Waals surface area (Å²) in [5, 5.41) is 9.08. The van der Waals surface area contributed by atoms with Crippen molar-refractivity contribution in [3.05, 3.63) is 99.7 Å². The molecule has 0 aliphatic carbocycles. The number of unbranched alkanes of at least 4 members (excludes halogenated alkanes) is 4. The first kappa shape index (κ1) is 84.2.